The summed E-state index contributed by atoms with van der Waals surface area (Å²) in [6, 6.07) is 15.8. The van der Waals surface area contributed by atoms with Gasteiger partial charge in [-0.2, -0.15) is 0 Å². The molecule has 9 heteroatoms. The first-order valence-electron chi connectivity index (χ1n) is 13.6. The molecule has 0 bridgehead atoms. The largest absolute Gasteiger partial charge is 0.321 e. The van der Waals surface area contributed by atoms with E-state index in [1.54, 1.807) is 29.4 Å². The summed E-state index contributed by atoms with van der Waals surface area (Å²) in [6.07, 6.45) is 8.87. The van der Waals surface area contributed by atoms with E-state index in [1.807, 2.05) is 0 Å². The molecule has 1 aromatic heterocycles. The zero-order valence-electron chi connectivity index (χ0n) is 22.7. The molecule has 38 heavy (non-hydrogen) atoms. The number of carbonyl (C=O) groups excluding carboxylic acids is 2. The molecule has 8 nitrogen and oxygen atoms in total. The average Bonchev–Trinajstić information content (AvgIpc) is 3.12. The van der Waals surface area contributed by atoms with Gasteiger partial charge < -0.3 is 15.1 Å². The number of anilines is 1. The van der Waals surface area contributed by atoms with Crippen molar-refractivity contribution in [1.82, 2.24) is 19.7 Å². The average molecular weight is 538 g/mol. The maximum absolute atomic E-state index is 13.8. The minimum absolute atomic E-state index is 0.0135. The third-order valence-corrected chi connectivity index (χ3v) is 9.84. The molecule has 2 aromatic rings. The van der Waals surface area contributed by atoms with Crippen LogP contribution in [0, 0.1) is 5.92 Å². The van der Waals surface area contributed by atoms with Crippen molar-refractivity contribution < 1.29 is 13.8 Å². The lowest BCUT2D eigenvalue weighted by Crippen LogP contribution is -2.56. The fourth-order valence-corrected chi connectivity index (χ4v) is 7.01. The fraction of sp³-hybridized carbons (Fsp3) is 0.552. The van der Waals surface area contributed by atoms with E-state index in [2.05, 4.69) is 64.5 Å². The number of amides is 3. The van der Waals surface area contributed by atoms with Gasteiger partial charge in [0.15, 0.2) is 0 Å². The molecule has 1 N–H and O–H groups in total. The highest BCUT2D eigenvalue weighted by Crippen LogP contribution is 2.49. The predicted molar refractivity (Wildman–Crippen MR) is 149 cm³/mol. The van der Waals surface area contributed by atoms with Crippen LogP contribution in [0.3, 0.4) is 0 Å². The Hall–Kier alpha value is -2.78. The van der Waals surface area contributed by atoms with Gasteiger partial charge in [-0.1, -0.05) is 42.8 Å². The standard InChI is InChI=1S/C29H39N5O3S/c1-32(2)29(23-11-5-4-6-12-23)17-15-28(16-18-29)21-33(27(36)34(28)19-22-9-7-10-22)20-25(35)30-24-13-8-14-26(31-24)38(3)37/h4-6,8,11-14,22H,7,9-10,15-21H2,1-3H3,(H,30,31,35). The molecule has 3 aliphatic rings. The van der Waals surface area contributed by atoms with Gasteiger partial charge >= 0.3 is 6.03 Å². The molecule has 2 aliphatic carbocycles. The first-order chi connectivity index (χ1) is 18.2. The van der Waals surface area contributed by atoms with Crippen LogP contribution in [0.2, 0.25) is 0 Å². The first-order valence-corrected chi connectivity index (χ1v) is 15.2. The van der Waals surface area contributed by atoms with Crippen LogP contribution < -0.4 is 5.32 Å². The van der Waals surface area contributed by atoms with Crippen LogP contribution in [-0.4, -0.2) is 81.4 Å². The van der Waals surface area contributed by atoms with Crippen LogP contribution in [0.15, 0.2) is 53.6 Å². The maximum Gasteiger partial charge on any atom is 0.321 e. The monoisotopic (exact) mass is 537 g/mol. The minimum Gasteiger partial charge on any atom is -0.317 e. The summed E-state index contributed by atoms with van der Waals surface area (Å²) in [7, 11) is 3.08. The summed E-state index contributed by atoms with van der Waals surface area (Å²) in [6.45, 7) is 1.33. The number of aromatic nitrogens is 1. The van der Waals surface area contributed by atoms with E-state index in [9.17, 15) is 13.8 Å². The SMILES string of the molecule is CN(C)C1(c2ccccc2)CCC2(CC1)CN(CC(=O)Nc1cccc(S(C)=O)n1)C(=O)N2CC1CCC1. The van der Waals surface area contributed by atoms with E-state index in [0.717, 1.165) is 32.2 Å². The second-order valence-electron chi connectivity index (χ2n) is 11.4. The number of benzene rings is 1. The second-order valence-corrected chi connectivity index (χ2v) is 12.8. The summed E-state index contributed by atoms with van der Waals surface area (Å²) < 4.78 is 11.8. The number of urea groups is 1. The summed E-state index contributed by atoms with van der Waals surface area (Å²) in [4.78, 5) is 37.2. The fourth-order valence-electron chi connectivity index (χ4n) is 6.51. The van der Waals surface area contributed by atoms with Crippen molar-refractivity contribution in [3.8, 4) is 0 Å². The highest BCUT2D eigenvalue weighted by molar-refractivity contribution is 7.84. The molecule has 5 rings (SSSR count). The molecule has 1 saturated heterocycles. The third kappa shape index (κ3) is 5.10. The van der Waals surface area contributed by atoms with Crippen molar-refractivity contribution >= 4 is 28.6 Å². The van der Waals surface area contributed by atoms with Gasteiger partial charge in [-0.3, -0.25) is 13.9 Å². The van der Waals surface area contributed by atoms with Gasteiger partial charge in [0.05, 0.1) is 16.3 Å². The summed E-state index contributed by atoms with van der Waals surface area (Å²) >= 11 is 0. The Morgan fingerprint density at radius 1 is 1.08 bits per heavy atom. The number of hydrogen-bond donors (Lipinski definition) is 1. The zero-order valence-corrected chi connectivity index (χ0v) is 23.5. The second kappa shape index (κ2) is 10.8. The Bertz CT molecular complexity index is 1190. The molecular weight excluding hydrogens is 498 g/mol. The molecule has 1 unspecified atom stereocenters. The highest BCUT2D eigenvalue weighted by Gasteiger charge is 2.55. The van der Waals surface area contributed by atoms with Crippen LogP contribution in [0.4, 0.5) is 10.6 Å². The normalized spacial score (nSPS) is 26.6. The van der Waals surface area contributed by atoms with Crippen LogP contribution in [0.1, 0.15) is 50.5 Å². The van der Waals surface area contributed by atoms with Crippen molar-refractivity contribution in [3.63, 3.8) is 0 Å². The topological polar surface area (TPSA) is 85.8 Å². The highest BCUT2D eigenvalue weighted by atomic mass is 32.2. The third-order valence-electron chi connectivity index (χ3n) is 9.02. The van der Waals surface area contributed by atoms with Gasteiger partial charge in [-0.15, -0.1) is 0 Å². The molecule has 2 saturated carbocycles. The number of rotatable bonds is 8. The van der Waals surface area contributed by atoms with Gasteiger partial charge in [0, 0.05) is 24.9 Å². The molecule has 3 fully saturated rings. The van der Waals surface area contributed by atoms with E-state index in [1.165, 1.54) is 24.8 Å². The van der Waals surface area contributed by atoms with Gasteiger partial charge in [0.1, 0.15) is 17.4 Å². The van der Waals surface area contributed by atoms with Crippen LogP contribution in [-0.2, 0) is 21.1 Å². The molecule has 1 aromatic carbocycles. The van der Waals surface area contributed by atoms with Crippen LogP contribution in [0.25, 0.3) is 0 Å². The number of pyridine rings is 1. The van der Waals surface area contributed by atoms with Crippen LogP contribution in [0.5, 0.6) is 0 Å². The summed E-state index contributed by atoms with van der Waals surface area (Å²) in [5.74, 6) is 0.626. The van der Waals surface area contributed by atoms with Crippen molar-refractivity contribution in [1.29, 1.82) is 0 Å². The molecule has 1 spiro atoms. The Morgan fingerprint density at radius 3 is 2.39 bits per heavy atom. The molecule has 2 heterocycles. The quantitative estimate of drug-likeness (QED) is 0.549. The van der Waals surface area contributed by atoms with E-state index in [4.69, 9.17) is 0 Å². The number of nitrogens with one attached hydrogen (secondary N) is 1. The lowest BCUT2D eigenvalue weighted by Gasteiger charge is -2.51. The molecular formula is C29H39N5O3S. The molecule has 1 atom stereocenters. The number of nitrogens with zero attached hydrogens (tertiary/aromatic N) is 4. The van der Waals surface area contributed by atoms with Crippen molar-refractivity contribution in [2.45, 2.75) is 61.0 Å². The Balaban J connectivity index is 1.33. The zero-order chi connectivity index (χ0) is 26.9. The van der Waals surface area contributed by atoms with Gasteiger partial charge in [0.2, 0.25) is 5.91 Å². The maximum atomic E-state index is 13.8. The van der Waals surface area contributed by atoms with E-state index in [0.29, 0.717) is 23.3 Å². The van der Waals surface area contributed by atoms with E-state index < -0.39 is 10.8 Å². The molecule has 3 amide bonds. The number of hydrogen-bond acceptors (Lipinski definition) is 5. The lowest BCUT2D eigenvalue weighted by molar-refractivity contribution is -0.116. The van der Waals surface area contributed by atoms with Gasteiger partial charge in [-0.05, 0) is 76.2 Å². The number of carbonyl (C=O) groups is 2. The molecule has 204 valence electrons. The van der Waals surface area contributed by atoms with E-state index >= 15 is 0 Å². The van der Waals surface area contributed by atoms with Crippen molar-refractivity contribution in [2.24, 2.45) is 5.92 Å². The Labute approximate surface area is 228 Å². The lowest BCUT2D eigenvalue weighted by atomic mass is 9.68. The minimum atomic E-state index is -1.24. The first kappa shape index (κ1) is 26.8. The van der Waals surface area contributed by atoms with Gasteiger partial charge in [-0.25, -0.2) is 9.78 Å². The summed E-state index contributed by atoms with van der Waals surface area (Å²) in [5, 5.41) is 3.21. The van der Waals surface area contributed by atoms with Crippen molar-refractivity contribution in [2.75, 3.05) is 45.3 Å². The van der Waals surface area contributed by atoms with Crippen molar-refractivity contribution in [3.05, 3.63) is 54.1 Å². The van der Waals surface area contributed by atoms with E-state index in [-0.39, 0.29) is 29.6 Å². The Morgan fingerprint density at radius 2 is 1.79 bits per heavy atom. The Kier molecular flexibility index (Phi) is 7.60. The predicted octanol–water partition coefficient (Wildman–Crippen LogP) is 4.07. The van der Waals surface area contributed by atoms with Crippen LogP contribution >= 0.6 is 0 Å². The summed E-state index contributed by atoms with van der Waals surface area (Å²) in [5.41, 5.74) is 1.02. The van der Waals surface area contributed by atoms with Gasteiger partial charge in [0.25, 0.3) is 0 Å². The smallest absolute Gasteiger partial charge is 0.317 e. The molecule has 0 radical (unpaired) electrons. The molecule has 1 aliphatic heterocycles.